The first kappa shape index (κ1) is 17.0. The molecule has 1 aromatic carbocycles. The highest BCUT2D eigenvalue weighted by Gasteiger charge is 2.11. The minimum atomic E-state index is -0.408. The number of nitrogens with zero attached hydrogens (tertiary/aromatic N) is 2. The fourth-order valence-corrected chi connectivity index (χ4v) is 2.73. The molecule has 0 aliphatic rings. The van der Waals surface area contributed by atoms with E-state index in [-0.39, 0.29) is 0 Å². The Morgan fingerprint density at radius 3 is 2.73 bits per heavy atom. The molecule has 2 N–H and O–H groups in total. The summed E-state index contributed by atoms with van der Waals surface area (Å²) in [5.41, 5.74) is 2.93. The van der Waals surface area contributed by atoms with Gasteiger partial charge >= 0.3 is 0 Å². The van der Waals surface area contributed by atoms with Crippen molar-refractivity contribution in [2.45, 2.75) is 26.9 Å². The van der Waals surface area contributed by atoms with Crippen LogP contribution in [0.15, 0.2) is 24.4 Å². The standard InChI is InChI=1S/C17H24ClN3O/c1-4-21(5-2)11-14(22)10-20-17-12(3)9-19-16-8-13(18)6-7-15(16)17/h6-9,14,22H,4-5,10-11H2,1-3H3,(H,19,20)/t14-/m0/s1. The van der Waals surface area contributed by atoms with Crippen molar-refractivity contribution in [3.8, 4) is 0 Å². The summed E-state index contributed by atoms with van der Waals surface area (Å²) in [5, 5.41) is 15.3. The average Bonchev–Trinajstić information content (AvgIpc) is 2.51. The predicted octanol–water partition coefficient (Wildman–Crippen LogP) is 3.31. The fraction of sp³-hybridized carbons (Fsp3) is 0.471. The number of rotatable bonds is 7. The van der Waals surface area contributed by atoms with Crippen molar-refractivity contribution in [3.63, 3.8) is 0 Å². The lowest BCUT2D eigenvalue weighted by atomic mass is 10.1. The molecule has 4 nitrogen and oxygen atoms in total. The van der Waals surface area contributed by atoms with Crippen LogP contribution in [0.4, 0.5) is 5.69 Å². The van der Waals surface area contributed by atoms with Gasteiger partial charge in [0.1, 0.15) is 0 Å². The van der Waals surface area contributed by atoms with Crippen LogP contribution in [0.3, 0.4) is 0 Å². The number of aliphatic hydroxyl groups excluding tert-OH is 1. The molecule has 0 fully saturated rings. The van der Waals surface area contributed by atoms with E-state index in [2.05, 4.69) is 29.0 Å². The fourth-order valence-electron chi connectivity index (χ4n) is 2.57. The zero-order chi connectivity index (χ0) is 16.1. The molecule has 0 radical (unpaired) electrons. The first-order valence-electron chi connectivity index (χ1n) is 7.74. The van der Waals surface area contributed by atoms with Crippen molar-refractivity contribution in [2.75, 3.05) is 31.5 Å². The van der Waals surface area contributed by atoms with Gasteiger partial charge in [0.25, 0.3) is 0 Å². The lowest BCUT2D eigenvalue weighted by Crippen LogP contribution is -2.36. The van der Waals surface area contributed by atoms with Crippen LogP contribution < -0.4 is 5.32 Å². The van der Waals surface area contributed by atoms with E-state index in [4.69, 9.17) is 11.6 Å². The number of hydrogen-bond acceptors (Lipinski definition) is 4. The van der Waals surface area contributed by atoms with Crippen molar-refractivity contribution in [2.24, 2.45) is 0 Å². The van der Waals surface area contributed by atoms with Crippen LogP contribution in [-0.4, -0.2) is 47.3 Å². The quantitative estimate of drug-likeness (QED) is 0.821. The molecule has 5 heteroatoms. The average molecular weight is 322 g/mol. The Morgan fingerprint density at radius 2 is 2.05 bits per heavy atom. The lowest BCUT2D eigenvalue weighted by molar-refractivity contribution is 0.128. The number of anilines is 1. The largest absolute Gasteiger partial charge is 0.390 e. The molecule has 2 rings (SSSR count). The number of halogens is 1. The molecule has 22 heavy (non-hydrogen) atoms. The summed E-state index contributed by atoms with van der Waals surface area (Å²) in [6.07, 6.45) is 1.42. The highest BCUT2D eigenvalue weighted by molar-refractivity contribution is 6.31. The molecule has 0 saturated carbocycles. The van der Waals surface area contributed by atoms with Crippen molar-refractivity contribution in [1.82, 2.24) is 9.88 Å². The summed E-state index contributed by atoms with van der Waals surface area (Å²) >= 11 is 6.02. The molecule has 0 aliphatic heterocycles. The summed E-state index contributed by atoms with van der Waals surface area (Å²) < 4.78 is 0. The topological polar surface area (TPSA) is 48.4 Å². The molecule has 0 saturated heterocycles. The van der Waals surface area contributed by atoms with E-state index in [9.17, 15) is 5.11 Å². The Balaban J connectivity index is 2.12. The maximum atomic E-state index is 10.2. The van der Waals surface area contributed by atoms with Crippen molar-refractivity contribution < 1.29 is 5.11 Å². The number of likely N-dealkylation sites (N-methyl/N-ethyl adjacent to an activating group) is 1. The first-order chi connectivity index (χ1) is 10.5. The van der Waals surface area contributed by atoms with Gasteiger partial charge in [0.2, 0.25) is 0 Å². The second kappa shape index (κ2) is 7.77. The lowest BCUT2D eigenvalue weighted by Gasteiger charge is -2.23. The van der Waals surface area contributed by atoms with Crippen molar-refractivity contribution in [1.29, 1.82) is 0 Å². The Labute approximate surface area is 137 Å². The van der Waals surface area contributed by atoms with Crippen molar-refractivity contribution >= 4 is 28.2 Å². The number of aryl methyl sites for hydroxylation is 1. The molecule has 1 heterocycles. The number of aliphatic hydroxyl groups is 1. The smallest absolute Gasteiger partial charge is 0.0839 e. The number of hydrogen-bond donors (Lipinski definition) is 2. The van der Waals surface area contributed by atoms with E-state index in [1.54, 1.807) is 0 Å². The van der Waals surface area contributed by atoms with E-state index in [1.807, 2.05) is 31.3 Å². The highest BCUT2D eigenvalue weighted by Crippen LogP contribution is 2.27. The molecule has 2 aromatic rings. The summed E-state index contributed by atoms with van der Waals surface area (Å²) in [6.45, 7) is 9.31. The molecule has 1 atom stereocenters. The SMILES string of the molecule is CCN(CC)C[C@@H](O)CNc1c(C)cnc2cc(Cl)ccc12. The molecule has 0 bridgehead atoms. The van der Waals surface area contributed by atoms with Crippen LogP contribution in [0.1, 0.15) is 19.4 Å². The second-order valence-electron chi connectivity index (χ2n) is 5.50. The normalized spacial score (nSPS) is 12.8. The number of pyridine rings is 1. The zero-order valence-electron chi connectivity index (χ0n) is 13.4. The maximum absolute atomic E-state index is 10.2. The third-order valence-electron chi connectivity index (χ3n) is 3.90. The van der Waals surface area contributed by atoms with Gasteiger partial charge < -0.3 is 15.3 Å². The first-order valence-corrected chi connectivity index (χ1v) is 8.12. The van der Waals surface area contributed by atoms with E-state index in [1.165, 1.54) is 0 Å². The van der Waals surface area contributed by atoms with Gasteiger partial charge in [-0.15, -0.1) is 0 Å². The molecule has 120 valence electrons. The van der Waals surface area contributed by atoms with Crippen LogP contribution in [0.5, 0.6) is 0 Å². The third-order valence-corrected chi connectivity index (χ3v) is 4.13. The monoisotopic (exact) mass is 321 g/mol. The molecule has 0 amide bonds. The van der Waals surface area contributed by atoms with Crippen LogP contribution in [0, 0.1) is 6.92 Å². The van der Waals surface area contributed by atoms with Gasteiger partial charge in [-0.05, 0) is 43.8 Å². The molecule has 0 unspecified atom stereocenters. The summed E-state index contributed by atoms with van der Waals surface area (Å²) in [6, 6.07) is 5.69. The predicted molar refractivity (Wildman–Crippen MR) is 93.8 cm³/mol. The number of aromatic nitrogens is 1. The van der Waals surface area contributed by atoms with Crippen LogP contribution in [0.2, 0.25) is 5.02 Å². The van der Waals surface area contributed by atoms with Gasteiger partial charge in [-0.3, -0.25) is 4.98 Å². The Bertz CT molecular complexity index is 629. The third kappa shape index (κ3) is 4.09. The molecular formula is C17H24ClN3O. The van der Waals surface area contributed by atoms with Gasteiger partial charge in [-0.1, -0.05) is 25.4 Å². The van der Waals surface area contributed by atoms with Crippen LogP contribution in [0.25, 0.3) is 10.9 Å². The van der Waals surface area contributed by atoms with E-state index in [0.29, 0.717) is 18.1 Å². The molecular weight excluding hydrogens is 298 g/mol. The summed E-state index contributed by atoms with van der Waals surface area (Å²) in [5.74, 6) is 0. The maximum Gasteiger partial charge on any atom is 0.0839 e. The number of fused-ring (bicyclic) bond motifs is 1. The van der Waals surface area contributed by atoms with E-state index in [0.717, 1.165) is 35.2 Å². The zero-order valence-corrected chi connectivity index (χ0v) is 14.2. The van der Waals surface area contributed by atoms with E-state index >= 15 is 0 Å². The van der Waals surface area contributed by atoms with Crippen LogP contribution in [-0.2, 0) is 0 Å². The minimum absolute atomic E-state index is 0.408. The Hall–Kier alpha value is -1.36. The van der Waals surface area contributed by atoms with Gasteiger partial charge in [-0.2, -0.15) is 0 Å². The molecule has 1 aromatic heterocycles. The van der Waals surface area contributed by atoms with Gasteiger partial charge in [0, 0.05) is 35.4 Å². The Morgan fingerprint density at radius 1 is 1.32 bits per heavy atom. The van der Waals surface area contributed by atoms with Crippen molar-refractivity contribution in [3.05, 3.63) is 35.0 Å². The number of benzene rings is 1. The van der Waals surface area contributed by atoms with Gasteiger partial charge in [0.05, 0.1) is 11.6 Å². The van der Waals surface area contributed by atoms with Gasteiger partial charge in [0.15, 0.2) is 0 Å². The van der Waals surface area contributed by atoms with E-state index < -0.39 is 6.10 Å². The second-order valence-corrected chi connectivity index (χ2v) is 5.93. The Kier molecular flexibility index (Phi) is 6.00. The summed E-state index contributed by atoms with van der Waals surface area (Å²) in [4.78, 5) is 6.62. The highest BCUT2D eigenvalue weighted by atomic mass is 35.5. The van der Waals surface area contributed by atoms with Gasteiger partial charge in [-0.25, -0.2) is 0 Å². The number of nitrogens with one attached hydrogen (secondary N) is 1. The summed E-state index contributed by atoms with van der Waals surface area (Å²) in [7, 11) is 0. The minimum Gasteiger partial charge on any atom is -0.390 e. The molecule has 0 spiro atoms. The molecule has 0 aliphatic carbocycles. The van der Waals surface area contributed by atoms with Crippen LogP contribution >= 0.6 is 11.6 Å².